The first-order valence-electron chi connectivity index (χ1n) is 4.32. The molecule has 0 heterocycles. The summed E-state index contributed by atoms with van der Waals surface area (Å²) in [6, 6.07) is -0.732. The fraction of sp³-hybridized carbons (Fsp3) is 0.875. The van der Waals surface area contributed by atoms with E-state index in [0.717, 1.165) is 0 Å². The van der Waals surface area contributed by atoms with Crippen molar-refractivity contribution < 1.29 is 14.3 Å². The van der Waals surface area contributed by atoms with E-state index in [1.807, 2.05) is 13.8 Å². The third-order valence-corrected chi connectivity index (χ3v) is 1.48. The lowest BCUT2D eigenvalue weighted by atomic mass is 10.3. The molecule has 0 radical (unpaired) electrons. The molecular formula is C8H18N2O3. The van der Waals surface area contributed by atoms with Crippen LogP contribution in [0.25, 0.3) is 0 Å². The maximum Gasteiger partial charge on any atom is 0.236 e. The van der Waals surface area contributed by atoms with Crippen molar-refractivity contribution in [2.45, 2.75) is 26.0 Å². The minimum atomic E-state index is -0.732. The van der Waals surface area contributed by atoms with Gasteiger partial charge < -0.3 is 20.9 Å². The van der Waals surface area contributed by atoms with Crippen molar-refractivity contribution in [3.05, 3.63) is 0 Å². The van der Waals surface area contributed by atoms with Gasteiger partial charge in [0.2, 0.25) is 5.91 Å². The van der Waals surface area contributed by atoms with Crippen LogP contribution in [0.3, 0.4) is 0 Å². The zero-order valence-electron chi connectivity index (χ0n) is 8.16. The topological polar surface area (TPSA) is 87.6 Å². The molecule has 0 spiro atoms. The highest BCUT2D eigenvalue weighted by Gasteiger charge is 2.11. The Morgan fingerprint density at radius 1 is 1.46 bits per heavy atom. The largest absolute Gasteiger partial charge is 0.379 e. The number of carbonyl (C=O) groups excluding carboxylic acids is 1. The fourth-order valence-corrected chi connectivity index (χ4v) is 0.682. The van der Waals surface area contributed by atoms with E-state index >= 15 is 0 Å². The molecule has 0 aromatic heterocycles. The number of hydrogen-bond donors (Lipinski definition) is 2. The SMILES string of the molecule is CCOCC(C)OCC(N)C(N)=O. The molecule has 0 aliphatic carbocycles. The first kappa shape index (κ1) is 12.3. The molecule has 0 bridgehead atoms. The van der Waals surface area contributed by atoms with E-state index in [1.165, 1.54) is 0 Å². The van der Waals surface area contributed by atoms with Gasteiger partial charge in [-0.15, -0.1) is 0 Å². The Labute approximate surface area is 78.4 Å². The van der Waals surface area contributed by atoms with Crippen LogP contribution in [0.2, 0.25) is 0 Å². The van der Waals surface area contributed by atoms with E-state index in [4.69, 9.17) is 20.9 Å². The Morgan fingerprint density at radius 2 is 2.08 bits per heavy atom. The second kappa shape index (κ2) is 6.82. The molecule has 0 aromatic carbocycles. The quantitative estimate of drug-likeness (QED) is 0.552. The molecular weight excluding hydrogens is 172 g/mol. The molecule has 1 amide bonds. The highest BCUT2D eigenvalue weighted by Crippen LogP contribution is 1.93. The monoisotopic (exact) mass is 190 g/mol. The van der Waals surface area contributed by atoms with Gasteiger partial charge in [0.1, 0.15) is 6.04 Å². The summed E-state index contributed by atoms with van der Waals surface area (Å²) in [5.74, 6) is -0.552. The summed E-state index contributed by atoms with van der Waals surface area (Å²) in [6.07, 6.45) is -0.0645. The van der Waals surface area contributed by atoms with Crippen molar-refractivity contribution in [3.63, 3.8) is 0 Å². The average molecular weight is 190 g/mol. The summed E-state index contributed by atoms with van der Waals surface area (Å²) < 4.78 is 10.3. The van der Waals surface area contributed by atoms with Gasteiger partial charge in [-0.2, -0.15) is 0 Å². The van der Waals surface area contributed by atoms with Gasteiger partial charge in [-0.3, -0.25) is 4.79 Å². The lowest BCUT2D eigenvalue weighted by Crippen LogP contribution is -2.41. The fourth-order valence-electron chi connectivity index (χ4n) is 0.682. The number of nitrogens with two attached hydrogens (primary N) is 2. The molecule has 2 atom stereocenters. The second-order valence-electron chi connectivity index (χ2n) is 2.81. The maximum atomic E-state index is 10.5. The van der Waals surface area contributed by atoms with Crippen molar-refractivity contribution in [1.82, 2.24) is 0 Å². The van der Waals surface area contributed by atoms with Crippen molar-refractivity contribution >= 4 is 5.91 Å². The van der Waals surface area contributed by atoms with Crippen molar-refractivity contribution in [2.75, 3.05) is 19.8 Å². The smallest absolute Gasteiger partial charge is 0.236 e. The molecule has 5 heteroatoms. The summed E-state index contributed by atoms with van der Waals surface area (Å²) in [4.78, 5) is 10.5. The number of rotatable bonds is 7. The lowest BCUT2D eigenvalue weighted by molar-refractivity contribution is -0.121. The molecule has 0 aliphatic heterocycles. The Morgan fingerprint density at radius 3 is 2.54 bits per heavy atom. The van der Waals surface area contributed by atoms with Gasteiger partial charge in [-0.1, -0.05) is 0 Å². The van der Waals surface area contributed by atoms with Crippen molar-refractivity contribution in [1.29, 1.82) is 0 Å². The molecule has 13 heavy (non-hydrogen) atoms. The normalized spacial score (nSPS) is 15.3. The van der Waals surface area contributed by atoms with Gasteiger partial charge in [-0.05, 0) is 13.8 Å². The molecule has 0 saturated heterocycles. The number of hydrogen-bond acceptors (Lipinski definition) is 4. The predicted octanol–water partition coefficient (Wildman–Crippen LogP) is -0.759. The standard InChI is InChI=1S/C8H18N2O3/c1-3-12-4-6(2)13-5-7(9)8(10)11/h6-7H,3-5,9H2,1-2H3,(H2,10,11). The van der Waals surface area contributed by atoms with Crippen LogP contribution in [0, 0.1) is 0 Å². The van der Waals surface area contributed by atoms with E-state index in [-0.39, 0.29) is 12.7 Å². The van der Waals surface area contributed by atoms with Crippen molar-refractivity contribution in [2.24, 2.45) is 11.5 Å². The van der Waals surface area contributed by atoms with Gasteiger partial charge in [0, 0.05) is 6.61 Å². The minimum absolute atomic E-state index is 0.0645. The van der Waals surface area contributed by atoms with Crippen molar-refractivity contribution in [3.8, 4) is 0 Å². The van der Waals surface area contributed by atoms with Crippen LogP contribution in [0.4, 0.5) is 0 Å². The predicted molar refractivity (Wildman–Crippen MR) is 49.1 cm³/mol. The van der Waals surface area contributed by atoms with E-state index in [0.29, 0.717) is 13.2 Å². The van der Waals surface area contributed by atoms with E-state index < -0.39 is 11.9 Å². The number of ether oxygens (including phenoxy) is 2. The molecule has 0 rings (SSSR count). The third kappa shape index (κ3) is 6.51. The molecule has 0 aliphatic rings. The van der Waals surface area contributed by atoms with Crippen LogP contribution in [0.1, 0.15) is 13.8 Å². The summed E-state index contributed by atoms with van der Waals surface area (Å²) in [7, 11) is 0. The highest BCUT2D eigenvalue weighted by atomic mass is 16.5. The van der Waals surface area contributed by atoms with Gasteiger partial charge in [0.15, 0.2) is 0 Å². The zero-order chi connectivity index (χ0) is 10.3. The van der Waals surface area contributed by atoms with Gasteiger partial charge >= 0.3 is 0 Å². The van der Waals surface area contributed by atoms with Crippen LogP contribution >= 0.6 is 0 Å². The Hall–Kier alpha value is -0.650. The van der Waals surface area contributed by atoms with E-state index in [9.17, 15) is 4.79 Å². The number of carbonyl (C=O) groups is 1. The minimum Gasteiger partial charge on any atom is -0.379 e. The maximum absolute atomic E-state index is 10.5. The lowest BCUT2D eigenvalue weighted by Gasteiger charge is -2.14. The molecule has 0 aromatic rings. The Balaban J connectivity index is 3.45. The van der Waals surface area contributed by atoms with Crippen LogP contribution in [0.15, 0.2) is 0 Å². The first-order chi connectivity index (χ1) is 6.07. The molecule has 4 N–H and O–H groups in total. The van der Waals surface area contributed by atoms with Crippen LogP contribution in [0.5, 0.6) is 0 Å². The summed E-state index contributed by atoms with van der Waals surface area (Å²) in [6.45, 7) is 5.05. The molecule has 78 valence electrons. The molecule has 5 nitrogen and oxygen atoms in total. The Kier molecular flexibility index (Phi) is 6.48. The summed E-state index contributed by atoms with van der Waals surface area (Å²) in [5, 5.41) is 0. The third-order valence-electron chi connectivity index (χ3n) is 1.48. The van der Waals surface area contributed by atoms with Gasteiger partial charge in [-0.25, -0.2) is 0 Å². The molecule has 2 unspecified atom stereocenters. The average Bonchev–Trinajstić information content (AvgIpc) is 2.10. The van der Waals surface area contributed by atoms with Gasteiger partial charge in [0.25, 0.3) is 0 Å². The summed E-state index contributed by atoms with van der Waals surface area (Å²) in [5.41, 5.74) is 10.3. The zero-order valence-corrected chi connectivity index (χ0v) is 8.16. The number of amides is 1. The van der Waals surface area contributed by atoms with Crippen LogP contribution < -0.4 is 11.5 Å². The molecule has 0 fully saturated rings. The van der Waals surface area contributed by atoms with Gasteiger partial charge in [0.05, 0.1) is 19.3 Å². The summed E-state index contributed by atoms with van der Waals surface area (Å²) >= 11 is 0. The highest BCUT2D eigenvalue weighted by molar-refractivity contribution is 5.79. The number of primary amides is 1. The Bertz CT molecular complexity index is 152. The molecule has 0 saturated carbocycles. The van der Waals surface area contributed by atoms with Crippen LogP contribution in [-0.4, -0.2) is 37.9 Å². The first-order valence-corrected chi connectivity index (χ1v) is 4.32. The van der Waals surface area contributed by atoms with E-state index in [1.54, 1.807) is 0 Å². The second-order valence-corrected chi connectivity index (χ2v) is 2.81. The van der Waals surface area contributed by atoms with E-state index in [2.05, 4.69) is 0 Å². The van der Waals surface area contributed by atoms with Crippen LogP contribution in [-0.2, 0) is 14.3 Å².